The molecule has 2 aliphatic rings. The molecule has 1 amide bonds. The van der Waals surface area contributed by atoms with Crippen LogP contribution < -0.4 is 10.8 Å². The summed E-state index contributed by atoms with van der Waals surface area (Å²) in [5.74, 6) is -0.228. The maximum Gasteiger partial charge on any atom is 0.330 e. The maximum atomic E-state index is 15.3. The zero-order valence-corrected chi connectivity index (χ0v) is 19.4. The molecular formula is C23H31BFN3O3. The van der Waals surface area contributed by atoms with Crippen LogP contribution in [-0.4, -0.2) is 28.6 Å². The Hall–Kier alpha value is -2.22. The van der Waals surface area contributed by atoms with Crippen LogP contribution >= 0.6 is 0 Å². The summed E-state index contributed by atoms with van der Waals surface area (Å²) in [5.41, 5.74) is 1.32. The number of benzene rings is 1. The first kappa shape index (κ1) is 22.0. The number of nitrogens with one attached hydrogen (secondary N) is 1. The minimum atomic E-state index is -0.456. The van der Waals surface area contributed by atoms with E-state index < -0.39 is 11.9 Å². The van der Waals surface area contributed by atoms with Gasteiger partial charge in [-0.25, -0.2) is 4.39 Å². The molecule has 2 aromatic rings. The first-order valence-corrected chi connectivity index (χ1v) is 11.0. The van der Waals surface area contributed by atoms with Gasteiger partial charge in [-0.1, -0.05) is 38.1 Å². The van der Waals surface area contributed by atoms with Gasteiger partial charge >= 0.3 is 18.7 Å². The number of rotatable bonds is 5. The molecule has 1 aromatic carbocycles. The van der Waals surface area contributed by atoms with Gasteiger partial charge in [-0.15, -0.1) is 0 Å². The zero-order chi connectivity index (χ0) is 22.8. The molecule has 1 saturated carbocycles. The lowest BCUT2D eigenvalue weighted by Crippen LogP contribution is -2.37. The monoisotopic (exact) mass is 427 g/mol. The molecule has 1 aliphatic heterocycles. The molecule has 1 aliphatic carbocycles. The third-order valence-electron chi connectivity index (χ3n) is 7.54. The van der Waals surface area contributed by atoms with E-state index in [2.05, 4.69) is 43.2 Å². The highest BCUT2D eigenvalue weighted by molar-refractivity contribution is 6.68. The van der Waals surface area contributed by atoms with E-state index in [1.165, 1.54) is 0 Å². The van der Waals surface area contributed by atoms with Crippen LogP contribution in [0, 0.1) is 18.2 Å². The topological polar surface area (TPSA) is 77.3 Å². The fourth-order valence-corrected chi connectivity index (χ4v) is 4.19. The van der Waals surface area contributed by atoms with Crippen molar-refractivity contribution >= 4 is 18.3 Å². The lowest BCUT2D eigenvalue weighted by molar-refractivity contribution is 0.0375. The van der Waals surface area contributed by atoms with Crippen LogP contribution in [0.15, 0.2) is 16.7 Å². The summed E-state index contributed by atoms with van der Waals surface area (Å²) >= 11 is 0. The van der Waals surface area contributed by atoms with E-state index in [0.29, 0.717) is 22.4 Å². The molecule has 1 N–H and O–H groups in total. The fraction of sp³-hybridized carbons (Fsp3) is 0.609. The van der Waals surface area contributed by atoms with Gasteiger partial charge in [0.05, 0.1) is 11.6 Å². The second-order valence-electron chi connectivity index (χ2n) is 10.6. The predicted octanol–water partition coefficient (Wildman–Crippen LogP) is 4.09. The number of carbonyl (C=O) groups excluding carboxylic acids is 1. The normalized spacial score (nSPS) is 21.7. The van der Waals surface area contributed by atoms with Crippen molar-refractivity contribution in [3.8, 4) is 0 Å². The Morgan fingerprint density at radius 2 is 1.90 bits per heavy atom. The number of amides is 1. The molecule has 4 rings (SSSR count). The Morgan fingerprint density at radius 1 is 1.23 bits per heavy atom. The maximum absolute atomic E-state index is 15.3. The molecule has 0 radical (unpaired) electrons. The average Bonchev–Trinajstić information content (AvgIpc) is 3.13. The van der Waals surface area contributed by atoms with Gasteiger partial charge < -0.3 is 14.5 Å². The highest BCUT2D eigenvalue weighted by atomic mass is 19.1. The van der Waals surface area contributed by atoms with Crippen LogP contribution in [0.4, 0.5) is 4.39 Å². The molecule has 1 saturated heterocycles. The van der Waals surface area contributed by atoms with Gasteiger partial charge in [0.25, 0.3) is 0 Å². The van der Waals surface area contributed by atoms with Crippen molar-refractivity contribution in [1.82, 2.24) is 15.5 Å². The Bertz CT molecular complexity index is 1010. The molecule has 2 heterocycles. The Kier molecular flexibility index (Phi) is 5.08. The van der Waals surface area contributed by atoms with E-state index in [1.807, 2.05) is 19.9 Å². The Balaban J connectivity index is 1.50. The van der Waals surface area contributed by atoms with Crippen LogP contribution in [0.25, 0.3) is 0 Å². The molecule has 6 nitrogen and oxygen atoms in total. The highest BCUT2D eigenvalue weighted by Gasteiger charge is 2.50. The van der Waals surface area contributed by atoms with Crippen molar-refractivity contribution in [2.75, 3.05) is 0 Å². The Labute approximate surface area is 183 Å². The molecule has 1 unspecified atom stereocenters. The summed E-state index contributed by atoms with van der Waals surface area (Å²) in [6.07, 6.45) is 2.74. The molecule has 166 valence electrons. The summed E-state index contributed by atoms with van der Waals surface area (Å²) in [6.45, 7) is 13.7. The van der Waals surface area contributed by atoms with E-state index in [0.717, 1.165) is 19.2 Å². The van der Waals surface area contributed by atoms with Crippen LogP contribution in [-0.2, 0) is 10.1 Å². The van der Waals surface area contributed by atoms with Crippen LogP contribution in [0.3, 0.4) is 0 Å². The van der Waals surface area contributed by atoms with Crippen molar-refractivity contribution in [3.05, 3.63) is 40.8 Å². The minimum absolute atomic E-state index is 0.0571. The van der Waals surface area contributed by atoms with Gasteiger partial charge in [-0.2, -0.15) is 4.98 Å². The summed E-state index contributed by atoms with van der Waals surface area (Å²) in [4.78, 5) is 16.8. The summed E-state index contributed by atoms with van der Waals surface area (Å²) < 4.78 is 26.7. The number of nitrogens with zero attached hydrogens (tertiary/aromatic N) is 2. The summed E-state index contributed by atoms with van der Waals surface area (Å²) in [6, 6.07) is 3.23. The quantitative estimate of drug-likeness (QED) is 0.728. The molecule has 8 heteroatoms. The number of aromatic nitrogens is 2. The van der Waals surface area contributed by atoms with Crippen molar-refractivity contribution in [2.45, 2.75) is 84.7 Å². The highest BCUT2D eigenvalue weighted by Crippen LogP contribution is 2.46. The molecule has 1 aromatic heterocycles. The van der Waals surface area contributed by atoms with Crippen LogP contribution in [0.2, 0.25) is 6.32 Å². The molecule has 0 bridgehead atoms. The van der Waals surface area contributed by atoms with E-state index in [-0.39, 0.29) is 35.1 Å². The molecule has 2 fully saturated rings. The lowest BCUT2D eigenvalue weighted by Gasteiger charge is -2.34. The second-order valence-corrected chi connectivity index (χ2v) is 10.6. The first-order valence-electron chi connectivity index (χ1n) is 11.0. The lowest BCUT2D eigenvalue weighted by atomic mass is 9.54. The van der Waals surface area contributed by atoms with E-state index in [1.54, 1.807) is 13.0 Å². The molecule has 31 heavy (non-hydrogen) atoms. The number of hydrogen-bond acceptors (Lipinski definition) is 5. The third-order valence-corrected chi connectivity index (χ3v) is 7.54. The standard InChI is InChI=1S/C23H31BFN3O3/c1-13-15(8-9-16(17(13)25)24-12-21(3,4)22(5,6)31-24)14(2)26-18(29)19-27-20(28-30-19)23(7)10-11-23/h8-9,14H,10-12H2,1-7H3,(H,26,29). The van der Waals surface area contributed by atoms with Crippen LogP contribution in [0.5, 0.6) is 0 Å². The average molecular weight is 427 g/mol. The second kappa shape index (κ2) is 7.15. The molecular weight excluding hydrogens is 396 g/mol. The van der Waals surface area contributed by atoms with Crippen molar-refractivity contribution < 1.29 is 18.4 Å². The van der Waals surface area contributed by atoms with E-state index >= 15 is 4.39 Å². The van der Waals surface area contributed by atoms with Gasteiger partial charge in [-0.05, 0) is 68.9 Å². The predicted molar refractivity (Wildman–Crippen MR) is 117 cm³/mol. The molecule has 1 atom stereocenters. The van der Waals surface area contributed by atoms with Gasteiger partial charge in [0.1, 0.15) is 5.82 Å². The minimum Gasteiger partial charge on any atom is -0.425 e. The van der Waals surface area contributed by atoms with Crippen molar-refractivity contribution in [2.24, 2.45) is 5.41 Å². The SMILES string of the molecule is Cc1c(C(C)NC(=O)c2nc(C3(C)CC3)no2)ccc(B2CC(C)(C)C(C)(C)O2)c1F. The number of halogens is 1. The van der Waals surface area contributed by atoms with Crippen molar-refractivity contribution in [3.63, 3.8) is 0 Å². The van der Waals surface area contributed by atoms with E-state index in [4.69, 9.17) is 9.18 Å². The first-order chi connectivity index (χ1) is 14.3. The van der Waals surface area contributed by atoms with Gasteiger partial charge in [-0.3, -0.25) is 4.79 Å². The third kappa shape index (κ3) is 3.79. The summed E-state index contributed by atoms with van der Waals surface area (Å²) in [7, 11) is 0. The Morgan fingerprint density at radius 3 is 2.48 bits per heavy atom. The van der Waals surface area contributed by atoms with Gasteiger partial charge in [0, 0.05) is 5.41 Å². The number of carbonyl (C=O) groups is 1. The largest absolute Gasteiger partial charge is 0.425 e. The van der Waals surface area contributed by atoms with Gasteiger partial charge in [0.2, 0.25) is 0 Å². The number of hydrogen-bond donors (Lipinski definition) is 1. The summed E-state index contributed by atoms with van der Waals surface area (Å²) in [5, 5.41) is 6.79. The van der Waals surface area contributed by atoms with Crippen molar-refractivity contribution in [1.29, 1.82) is 0 Å². The zero-order valence-electron chi connectivity index (χ0n) is 19.4. The molecule has 0 spiro atoms. The van der Waals surface area contributed by atoms with E-state index in [9.17, 15) is 4.79 Å². The van der Waals surface area contributed by atoms with Crippen LogP contribution in [0.1, 0.15) is 88.1 Å². The fourth-order valence-electron chi connectivity index (χ4n) is 4.19. The smallest absolute Gasteiger partial charge is 0.330 e. The van der Waals surface area contributed by atoms with Gasteiger partial charge in [0.15, 0.2) is 5.82 Å².